The summed E-state index contributed by atoms with van der Waals surface area (Å²) in [5, 5.41) is 10.6. The average molecular weight is 248 g/mol. The largest absolute Gasteiger partial charge is 0.353 e. The minimum atomic E-state index is 0.415. The molecule has 0 amide bonds. The summed E-state index contributed by atoms with van der Waals surface area (Å²) in [4.78, 5) is 3.87. The summed E-state index contributed by atoms with van der Waals surface area (Å²) in [6.07, 6.45) is 6.24. The molecule has 0 aromatic carbocycles. The topological polar surface area (TPSA) is 27.1 Å². The van der Waals surface area contributed by atoms with Crippen LogP contribution in [-0.4, -0.2) is 17.3 Å². The number of hydrogen-bond donors (Lipinski definition) is 1. The molecule has 0 spiro atoms. The third-order valence-electron chi connectivity index (χ3n) is 4.33. The Balaban J connectivity index is 1.79. The standard InChI is InChI=1S/C14H20N2S/c1-10-12-7-9-17-13(12)6-8-16(10)14(15)11-4-2-3-5-11/h7,9-11,15H,2-6,8H2,1H3. The van der Waals surface area contributed by atoms with Crippen LogP contribution in [0.25, 0.3) is 0 Å². The molecule has 1 aliphatic heterocycles. The van der Waals surface area contributed by atoms with Gasteiger partial charge in [-0.3, -0.25) is 5.41 Å². The van der Waals surface area contributed by atoms with Crippen molar-refractivity contribution in [3.8, 4) is 0 Å². The number of nitrogens with one attached hydrogen (secondary N) is 1. The summed E-state index contributed by atoms with van der Waals surface area (Å²) < 4.78 is 0. The van der Waals surface area contributed by atoms with Crippen molar-refractivity contribution in [2.24, 2.45) is 5.92 Å². The molecule has 1 atom stereocenters. The lowest BCUT2D eigenvalue weighted by Crippen LogP contribution is -2.40. The molecule has 1 fully saturated rings. The molecule has 2 nitrogen and oxygen atoms in total. The van der Waals surface area contributed by atoms with Gasteiger partial charge in [0.2, 0.25) is 0 Å². The highest BCUT2D eigenvalue weighted by atomic mass is 32.1. The van der Waals surface area contributed by atoms with Gasteiger partial charge in [0.15, 0.2) is 0 Å². The van der Waals surface area contributed by atoms with Crippen molar-refractivity contribution in [2.75, 3.05) is 6.54 Å². The van der Waals surface area contributed by atoms with E-state index in [4.69, 9.17) is 5.41 Å². The van der Waals surface area contributed by atoms with Gasteiger partial charge in [0.05, 0.1) is 11.9 Å². The molecule has 17 heavy (non-hydrogen) atoms. The molecule has 2 heterocycles. The van der Waals surface area contributed by atoms with Gasteiger partial charge in [0.1, 0.15) is 0 Å². The van der Waals surface area contributed by atoms with E-state index in [1.165, 1.54) is 36.1 Å². The maximum atomic E-state index is 8.43. The summed E-state index contributed by atoms with van der Waals surface area (Å²) in [5.41, 5.74) is 1.46. The van der Waals surface area contributed by atoms with E-state index in [0.29, 0.717) is 12.0 Å². The fourth-order valence-corrected chi connectivity index (χ4v) is 4.24. The van der Waals surface area contributed by atoms with Crippen LogP contribution in [0, 0.1) is 11.3 Å². The molecule has 92 valence electrons. The fourth-order valence-electron chi connectivity index (χ4n) is 3.27. The van der Waals surface area contributed by atoms with Crippen LogP contribution < -0.4 is 0 Å². The highest BCUT2D eigenvalue weighted by Gasteiger charge is 2.31. The number of nitrogens with zero attached hydrogens (tertiary/aromatic N) is 1. The van der Waals surface area contributed by atoms with Gasteiger partial charge in [-0.05, 0) is 43.2 Å². The SMILES string of the molecule is CC1c2ccsc2CCN1C(=N)C1CCCC1. The molecule has 3 rings (SSSR count). The Bertz CT molecular complexity index is 418. The lowest BCUT2D eigenvalue weighted by atomic mass is 9.97. The van der Waals surface area contributed by atoms with E-state index in [9.17, 15) is 0 Å². The van der Waals surface area contributed by atoms with Crippen LogP contribution in [0.15, 0.2) is 11.4 Å². The molecule has 0 saturated heterocycles. The number of rotatable bonds is 1. The summed E-state index contributed by atoms with van der Waals surface area (Å²) in [6, 6.07) is 2.66. The van der Waals surface area contributed by atoms with E-state index in [1.807, 2.05) is 11.3 Å². The Labute approximate surface area is 107 Å². The predicted octanol–water partition coefficient (Wildman–Crippen LogP) is 3.83. The quantitative estimate of drug-likeness (QED) is 0.593. The highest BCUT2D eigenvalue weighted by Crippen LogP contribution is 2.36. The van der Waals surface area contributed by atoms with Crippen LogP contribution in [0.4, 0.5) is 0 Å². The van der Waals surface area contributed by atoms with Gasteiger partial charge < -0.3 is 4.90 Å². The number of amidine groups is 1. The average Bonchev–Trinajstić information content (AvgIpc) is 3.00. The van der Waals surface area contributed by atoms with Crippen LogP contribution in [0.3, 0.4) is 0 Å². The van der Waals surface area contributed by atoms with Gasteiger partial charge in [0, 0.05) is 17.3 Å². The first-order valence-corrected chi connectivity index (χ1v) is 7.56. The normalized spacial score (nSPS) is 25.0. The summed E-state index contributed by atoms with van der Waals surface area (Å²) in [6.45, 7) is 3.30. The van der Waals surface area contributed by atoms with Crippen molar-refractivity contribution in [1.29, 1.82) is 5.41 Å². The molecule has 1 aliphatic carbocycles. The molecular weight excluding hydrogens is 228 g/mol. The van der Waals surface area contributed by atoms with Gasteiger partial charge in [-0.1, -0.05) is 12.8 Å². The second-order valence-corrected chi connectivity index (χ2v) is 6.29. The lowest BCUT2D eigenvalue weighted by Gasteiger charge is -2.37. The van der Waals surface area contributed by atoms with E-state index >= 15 is 0 Å². The Kier molecular flexibility index (Phi) is 2.95. The monoisotopic (exact) mass is 248 g/mol. The van der Waals surface area contributed by atoms with Crippen molar-refractivity contribution in [3.63, 3.8) is 0 Å². The highest BCUT2D eigenvalue weighted by molar-refractivity contribution is 7.10. The Hall–Kier alpha value is -0.830. The molecule has 1 unspecified atom stereocenters. The van der Waals surface area contributed by atoms with E-state index < -0.39 is 0 Å². The predicted molar refractivity (Wildman–Crippen MR) is 72.8 cm³/mol. The maximum absolute atomic E-state index is 8.43. The van der Waals surface area contributed by atoms with Crippen LogP contribution >= 0.6 is 11.3 Å². The van der Waals surface area contributed by atoms with Crippen molar-refractivity contribution in [1.82, 2.24) is 4.90 Å². The second kappa shape index (κ2) is 4.45. The van der Waals surface area contributed by atoms with Crippen LogP contribution in [0.5, 0.6) is 0 Å². The van der Waals surface area contributed by atoms with Gasteiger partial charge in [-0.15, -0.1) is 11.3 Å². The first-order valence-electron chi connectivity index (χ1n) is 6.68. The smallest absolute Gasteiger partial charge is 0.0994 e. The Morgan fingerprint density at radius 3 is 2.94 bits per heavy atom. The molecule has 1 aromatic rings. The van der Waals surface area contributed by atoms with E-state index in [2.05, 4.69) is 23.3 Å². The summed E-state index contributed by atoms with van der Waals surface area (Å²) in [5.74, 6) is 1.45. The first-order chi connectivity index (χ1) is 8.27. The number of fused-ring (bicyclic) bond motifs is 1. The zero-order valence-electron chi connectivity index (χ0n) is 10.4. The third-order valence-corrected chi connectivity index (χ3v) is 5.33. The van der Waals surface area contributed by atoms with Gasteiger partial charge in [-0.25, -0.2) is 0 Å². The minimum Gasteiger partial charge on any atom is -0.353 e. The van der Waals surface area contributed by atoms with Gasteiger partial charge in [0.25, 0.3) is 0 Å². The summed E-state index contributed by atoms with van der Waals surface area (Å²) >= 11 is 1.88. The lowest BCUT2D eigenvalue weighted by molar-refractivity contribution is 0.302. The molecular formula is C14H20N2S. The molecule has 2 aliphatic rings. The fraction of sp³-hybridized carbons (Fsp3) is 0.643. The van der Waals surface area contributed by atoms with E-state index in [1.54, 1.807) is 0 Å². The minimum absolute atomic E-state index is 0.415. The third kappa shape index (κ3) is 1.90. The zero-order chi connectivity index (χ0) is 11.8. The van der Waals surface area contributed by atoms with E-state index in [-0.39, 0.29) is 0 Å². The molecule has 0 bridgehead atoms. The molecule has 0 radical (unpaired) electrons. The van der Waals surface area contributed by atoms with Crippen molar-refractivity contribution >= 4 is 17.2 Å². The number of hydrogen-bond acceptors (Lipinski definition) is 2. The maximum Gasteiger partial charge on any atom is 0.0994 e. The number of thiophene rings is 1. The van der Waals surface area contributed by atoms with Crippen molar-refractivity contribution in [3.05, 3.63) is 21.9 Å². The molecule has 3 heteroatoms. The first kappa shape index (κ1) is 11.3. The van der Waals surface area contributed by atoms with Crippen molar-refractivity contribution < 1.29 is 0 Å². The second-order valence-electron chi connectivity index (χ2n) is 5.29. The summed E-state index contributed by atoms with van der Waals surface area (Å²) in [7, 11) is 0. The zero-order valence-corrected chi connectivity index (χ0v) is 11.2. The molecule has 1 N–H and O–H groups in total. The molecule has 1 aromatic heterocycles. The van der Waals surface area contributed by atoms with Crippen LogP contribution in [0.1, 0.15) is 49.1 Å². The van der Waals surface area contributed by atoms with Gasteiger partial charge in [-0.2, -0.15) is 0 Å². The van der Waals surface area contributed by atoms with Crippen LogP contribution in [0.2, 0.25) is 0 Å². The Morgan fingerprint density at radius 1 is 1.41 bits per heavy atom. The van der Waals surface area contributed by atoms with Crippen LogP contribution in [-0.2, 0) is 6.42 Å². The molecule has 1 saturated carbocycles. The Morgan fingerprint density at radius 2 is 2.18 bits per heavy atom. The van der Waals surface area contributed by atoms with Crippen molar-refractivity contribution in [2.45, 2.75) is 45.1 Å². The van der Waals surface area contributed by atoms with Gasteiger partial charge >= 0.3 is 0 Å². The van der Waals surface area contributed by atoms with E-state index in [0.717, 1.165) is 18.8 Å².